The van der Waals surface area contributed by atoms with E-state index in [1.54, 1.807) is 0 Å². The minimum absolute atomic E-state index is 0.480. The highest BCUT2D eigenvalue weighted by Gasteiger charge is 2.41. The maximum atomic E-state index is 5.44. The van der Waals surface area contributed by atoms with Crippen LogP contribution in [-0.2, 0) is 0 Å². The summed E-state index contributed by atoms with van der Waals surface area (Å²) in [5.41, 5.74) is 5.44. The van der Waals surface area contributed by atoms with Crippen molar-refractivity contribution in [3.05, 3.63) is 0 Å². The Bertz CT molecular complexity index is 161. The molecule has 2 aliphatic rings. The minimum atomic E-state index is 0.480. The normalized spacial score (nSPS) is 23.7. The average molecular weight is 170 g/mol. The number of rotatable bonds is 3. The fourth-order valence-electron chi connectivity index (χ4n) is 1.70. The van der Waals surface area contributed by atoms with E-state index < -0.39 is 0 Å². The third kappa shape index (κ3) is 1.83. The molecule has 2 rings (SSSR count). The van der Waals surface area contributed by atoms with Gasteiger partial charge in [-0.25, -0.2) is 0 Å². The molecule has 0 unspecified atom stereocenters. The van der Waals surface area contributed by atoms with Crippen LogP contribution < -0.4 is 11.1 Å². The summed E-state index contributed by atoms with van der Waals surface area (Å²) in [5, 5.41) is 3.69. The molecule has 0 amide bonds. The van der Waals surface area contributed by atoms with Crippen LogP contribution in [0.15, 0.2) is 0 Å². The topological polar surface area (TPSA) is 38.0 Å². The molecule has 0 aromatic carbocycles. The van der Waals surface area contributed by atoms with Crippen LogP contribution in [0.3, 0.4) is 0 Å². The first-order chi connectivity index (χ1) is 5.27. The highest BCUT2D eigenvalue weighted by atomic mass is 32.1. The first-order valence-corrected chi connectivity index (χ1v) is 4.74. The first-order valence-electron chi connectivity index (χ1n) is 4.33. The molecule has 0 atom stereocenters. The average Bonchev–Trinajstić information content (AvgIpc) is 2.79. The fraction of sp³-hybridized carbons (Fsp3) is 0.875. The van der Waals surface area contributed by atoms with Crippen LogP contribution in [0.1, 0.15) is 25.7 Å². The van der Waals surface area contributed by atoms with E-state index in [1.165, 1.54) is 25.7 Å². The van der Waals surface area contributed by atoms with Gasteiger partial charge in [0.2, 0.25) is 0 Å². The Morgan fingerprint density at radius 2 is 1.73 bits per heavy atom. The van der Waals surface area contributed by atoms with Crippen LogP contribution >= 0.6 is 12.2 Å². The summed E-state index contributed by atoms with van der Waals surface area (Å²) < 4.78 is 0. The van der Waals surface area contributed by atoms with Crippen molar-refractivity contribution in [2.75, 3.05) is 0 Å². The smallest absolute Gasteiger partial charge is 0.163 e. The molecule has 2 fully saturated rings. The number of hydrogen-bond acceptors (Lipinski definition) is 1. The third-order valence-corrected chi connectivity index (χ3v) is 2.69. The molecule has 0 radical (unpaired) electrons. The quantitative estimate of drug-likeness (QED) is 0.621. The highest BCUT2D eigenvalue weighted by molar-refractivity contribution is 7.80. The second kappa shape index (κ2) is 2.63. The lowest BCUT2D eigenvalue weighted by Gasteiger charge is -2.16. The first kappa shape index (κ1) is 7.35. The van der Waals surface area contributed by atoms with Gasteiger partial charge in [0, 0.05) is 6.04 Å². The van der Waals surface area contributed by atoms with Crippen molar-refractivity contribution in [1.82, 2.24) is 5.32 Å². The van der Waals surface area contributed by atoms with Gasteiger partial charge in [0.1, 0.15) is 0 Å². The molecule has 0 bridgehead atoms. The number of hydrogen-bond donors (Lipinski definition) is 2. The van der Waals surface area contributed by atoms with Gasteiger partial charge in [-0.05, 0) is 49.7 Å². The summed E-state index contributed by atoms with van der Waals surface area (Å²) >= 11 is 4.83. The summed E-state index contributed by atoms with van der Waals surface area (Å²) in [6.07, 6.45) is 5.49. The second-order valence-electron chi connectivity index (χ2n) is 3.71. The van der Waals surface area contributed by atoms with E-state index in [1.807, 2.05) is 0 Å². The Hall–Kier alpha value is -0.310. The van der Waals surface area contributed by atoms with Gasteiger partial charge in [0.15, 0.2) is 5.11 Å². The lowest BCUT2D eigenvalue weighted by molar-refractivity contribution is 0.483. The molecule has 62 valence electrons. The molecule has 2 saturated carbocycles. The molecule has 0 aliphatic heterocycles. The molecule has 2 nitrogen and oxygen atoms in total. The molecule has 3 N–H and O–H groups in total. The van der Waals surface area contributed by atoms with E-state index >= 15 is 0 Å². The van der Waals surface area contributed by atoms with Crippen molar-refractivity contribution >= 4 is 17.3 Å². The van der Waals surface area contributed by atoms with E-state index in [9.17, 15) is 0 Å². The fourth-order valence-corrected chi connectivity index (χ4v) is 1.83. The van der Waals surface area contributed by atoms with E-state index in [4.69, 9.17) is 18.0 Å². The molecule has 0 heterocycles. The zero-order chi connectivity index (χ0) is 7.84. The predicted octanol–water partition coefficient (Wildman–Crippen LogP) is 1.01. The van der Waals surface area contributed by atoms with Crippen LogP contribution in [0.4, 0.5) is 0 Å². The second-order valence-corrected chi connectivity index (χ2v) is 4.15. The standard InChI is InChI=1S/C8H14N2S/c9-8(11)10-7(5-1-2-5)6-3-4-6/h5-7H,1-4H2,(H3,9,10,11). The van der Waals surface area contributed by atoms with Crippen molar-refractivity contribution in [3.63, 3.8) is 0 Å². The molecule has 11 heavy (non-hydrogen) atoms. The Morgan fingerprint density at radius 1 is 1.27 bits per heavy atom. The maximum absolute atomic E-state index is 5.44. The van der Waals surface area contributed by atoms with E-state index in [0.717, 1.165) is 11.8 Å². The zero-order valence-electron chi connectivity index (χ0n) is 6.55. The monoisotopic (exact) mass is 170 g/mol. The summed E-state index contributed by atoms with van der Waals surface area (Å²) in [5.74, 6) is 1.76. The van der Waals surface area contributed by atoms with E-state index in [0.29, 0.717) is 11.2 Å². The largest absolute Gasteiger partial charge is 0.376 e. The van der Waals surface area contributed by atoms with Crippen molar-refractivity contribution in [2.45, 2.75) is 31.7 Å². The van der Waals surface area contributed by atoms with Gasteiger partial charge in [-0.2, -0.15) is 0 Å². The molecule has 2 aliphatic carbocycles. The zero-order valence-corrected chi connectivity index (χ0v) is 7.36. The van der Waals surface area contributed by atoms with Crippen molar-refractivity contribution < 1.29 is 0 Å². The van der Waals surface area contributed by atoms with Gasteiger partial charge >= 0.3 is 0 Å². The van der Waals surface area contributed by atoms with Gasteiger partial charge in [-0.3, -0.25) is 0 Å². The van der Waals surface area contributed by atoms with Crippen LogP contribution in [-0.4, -0.2) is 11.2 Å². The number of nitrogens with two attached hydrogens (primary N) is 1. The Kier molecular flexibility index (Phi) is 1.75. The van der Waals surface area contributed by atoms with Crippen LogP contribution in [0, 0.1) is 11.8 Å². The molecular weight excluding hydrogens is 156 g/mol. The molecule has 0 saturated heterocycles. The third-order valence-electron chi connectivity index (χ3n) is 2.57. The summed E-state index contributed by atoms with van der Waals surface area (Å²) in [6.45, 7) is 0. The molecular formula is C8H14N2S. The van der Waals surface area contributed by atoms with Crippen molar-refractivity contribution in [2.24, 2.45) is 17.6 Å². The van der Waals surface area contributed by atoms with E-state index in [-0.39, 0.29) is 0 Å². The summed E-state index contributed by atoms with van der Waals surface area (Å²) in [6, 6.07) is 0.618. The minimum Gasteiger partial charge on any atom is -0.376 e. The van der Waals surface area contributed by atoms with Crippen molar-refractivity contribution in [3.8, 4) is 0 Å². The summed E-state index contributed by atoms with van der Waals surface area (Å²) in [7, 11) is 0. The van der Waals surface area contributed by atoms with Gasteiger partial charge in [-0.15, -0.1) is 0 Å². The molecule has 3 heteroatoms. The van der Waals surface area contributed by atoms with Gasteiger partial charge < -0.3 is 11.1 Å². The Morgan fingerprint density at radius 3 is 2.00 bits per heavy atom. The Balaban J connectivity index is 1.86. The van der Waals surface area contributed by atoms with E-state index in [2.05, 4.69) is 5.32 Å². The molecule has 0 aromatic rings. The van der Waals surface area contributed by atoms with Crippen LogP contribution in [0.2, 0.25) is 0 Å². The van der Waals surface area contributed by atoms with Gasteiger partial charge in [0.05, 0.1) is 0 Å². The lowest BCUT2D eigenvalue weighted by atomic mass is 10.1. The lowest BCUT2D eigenvalue weighted by Crippen LogP contribution is -2.41. The molecule has 0 spiro atoms. The summed E-state index contributed by atoms with van der Waals surface area (Å²) in [4.78, 5) is 0. The Labute approximate surface area is 72.5 Å². The SMILES string of the molecule is NC(=S)NC(C1CC1)C1CC1. The predicted molar refractivity (Wildman–Crippen MR) is 49.2 cm³/mol. The molecule has 0 aromatic heterocycles. The number of nitrogens with one attached hydrogen (secondary N) is 1. The van der Waals surface area contributed by atoms with Crippen LogP contribution in [0.25, 0.3) is 0 Å². The van der Waals surface area contributed by atoms with Gasteiger partial charge in [0.25, 0.3) is 0 Å². The van der Waals surface area contributed by atoms with Crippen molar-refractivity contribution in [1.29, 1.82) is 0 Å². The number of thiocarbonyl (C=S) groups is 1. The van der Waals surface area contributed by atoms with Gasteiger partial charge in [-0.1, -0.05) is 0 Å². The highest BCUT2D eigenvalue weighted by Crippen LogP contribution is 2.44. The van der Waals surface area contributed by atoms with Crippen LogP contribution in [0.5, 0.6) is 0 Å². The maximum Gasteiger partial charge on any atom is 0.163 e.